The topological polar surface area (TPSA) is 66.0 Å². The minimum Gasteiger partial charge on any atom is -0.376 e. The van der Waals surface area contributed by atoms with E-state index in [4.69, 9.17) is 4.74 Å². The molecule has 1 saturated heterocycles. The van der Waals surface area contributed by atoms with E-state index in [9.17, 15) is 4.79 Å². The Kier molecular flexibility index (Phi) is 9.49. The molecular formula is C15H25IN4O2S. The van der Waals surface area contributed by atoms with Crippen LogP contribution in [-0.2, 0) is 16.1 Å². The number of carbonyl (C=O) groups is 1. The Morgan fingerprint density at radius 1 is 1.48 bits per heavy atom. The fourth-order valence-corrected chi connectivity index (χ4v) is 2.71. The number of aliphatic imine (C=N–C) groups is 1. The van der Waals surface area contributed by atoms with Gasteiger partial charge in [0, 0.05) is 32.1 Å². The molecule has 0 saturated carbocycles. The van der Waals surface area contributed by atoms with Crippen molar-refractivity contribution in [3.8, 4) is 0 Å². The van der Waals surface area contributed by atoms with Crippen LogP contribution in [0.1, 0.15) is 17.7 Å². The number of likely N-dealkylation sites (N-methyl/N-ethyl adjacent to an activating group) is 1. The van der Waals surface area contributed by atoms with Crippen LogP contribution in [0.2, 0.25) is 0 Å². The SMILES string of the molecule is CN(C)C(=O)CN=C(NCc1cccs1)NCC1CCCO1.I. The number of hydrogen-bond acceptors (Lipinski definition) is 4. The van der Waals surface area contributed by atoms with Gasteiger partial charge in [0.15, 0.2) is 5.96 Å². The average Bonchev–Trinajstić information content (AvgIpc) is 3.19. The van der Waals surface area contributed by atoms with E-state index in [1.807, 2.05) is 11.4 Å². The lowest BCUT2D eigenvalue weighted by Gasteiger charge is -2.16. The summed E-state index contributed by atoms with van der Waals surface area (Å²) in [5.41, 5.74) is 0. The van der Waals surface area contributed by atoms with Crippen molar-refractivity contribution in [2.75, 3.05) is 33.8 Å². The molecule has 1 fully saturated rings. The molecule has 23 heavy (non-hydrogen) atoms. The maximum atomic E-state index is 11.7. The van der Waals surface area contributed by atoms with Gasteiger partial charge in [0.05, 0.1) is 12.6 Å². The lowest BCUT2D eigenvalue weighted by atomic mass is 10.2. The normalized spacial score (nSPS) is 17.5. The highest BCUT2D eigenvalue weighted by molar-refractivity contribution is 14.0. The third-order valence-corrected chi connectivity index (χ3v) is 4.28. The Labute approximate surface area is 158 Å². The summed E-state index contributed by atoms with van der Waals surface area (Å²) in [6, 6.07) is 4.09. The number of thiophene rings is 1. The van der Waals surface area contributed by atoms with Gasteiger partial charge in [-0.2, -0.15) is 0 Å². The number of carbonyl (C=O) groups excluding carboxylic acids is 1. The van der Waals surface area contributed by atoms with Crippen molar-refractivity contribution in [2.24, 2.45) is 4.99 Å². The van der Waals surface area contributed by atoms with Crippen molar-refractivity contribution in [3.63, 3.8) is 0 Å². The van der Waals surface area contributed by atoms with Gasteiger partial charge >= 0.3 is 0 Å². The van der Waals surface area contributed by atoms with Crippen LogP contribution in [0.4, 0.5) is 0 Å². The molecule has 1 aromatic rings. The number of halogens is 1. The first-order valence-electron chi connectivity index (χ1n) is 7.51. The van der Waals surface area contributed by atoms with Crippen molar-refractivity contribution in [1.82, 2.24) is 15.5 Å². The second-order valence-corrected chi connectivity index (χ2v) is 6.43. The van der Waals surface area contributed by atoms with E-state index in [0.717, 1.165) is 19.4 Å². The molecular weight excluding hydrogens is 427 g/mol. The summed E-state index contributed by atoms with van der Waals surface area (Å²) in [6.45, 7) is 2.39. The number of rotatable bonds is 6. The molecule has 0 aromatic carbocycles. The van der Waals surface area contributed by atoms with Crippen LogP contribution >= 0.6 is 35.3 Å². The first-order chi connectivity index (χ1) is 10.6. The maximum Gasteiger partial charge on any atom is 0.243 e. The van der Waals surface area contributed by atoms with Crippen LogP contribution in [0.25, 0.3) is 0 Å². The molecule has 1 atom stereocenters. The zero-order valence-electron chi connectivity index (χ0n) is 13.6. The molecule has 1 aromatic heterocycles. The molecule has 2 rings (SSSR count). The fourth-order valence-electron chi connectivity index (χ4n) is 2.06. The van der Waals surface area contributed by atoms with Crippen LogP contribution in [0, 0.1) is 0 Å². The Morgan fingerprint density at radius 3 is 2.91 bits per heavy atom. The predicted molar refractivity (Wildman–Crippen MR) is 105 cm³/mol. The van der Waals surface area contributed by atoms with E-state index >= 15 is 0 Å². The Morgan fingerprint density at radius 2 is 2.30 bits per heavy atom. The molecule has 2 heterocycles. The highest BCUT2D eigenvalue weighted by Crippen LogP contribution is 2.10. The van der Waals surface area contributed by atoms with Gasteiger partial charge in [0.1, 0.15) is 6.54 Å². The maximum absolute atomic E-state index is 11.7. The predicted octanol–water partition coefficient (Wildman–Crippen LogP) is 1.67. The summed E-state index contributed by atoms with van der Waals surface area (Å²) >= 11 is 1.69. The number of nitrogens with zero attached hydrogens (tertiary/aromatic N) is 2. The smallest absolute Gasteiger partial charge is 0.243 e. The monoisotopic (exact) mass is 452 g/mol. The van der Waals surface area contributed by atoms with E-state index in [0.29, 0.717) is 19.0 Å². The van der Waals surface area contributed by atoms with Crippen LogP contribution in [0.5, 0.6) is 0 Å². The number of amides is 1. The molecule has 0 bridgehead atoms. The standard InChI is InChI=1S/C15H24N4O2S.HI/c1-19(2)14(20)11-18-15(16-9-12-5-3-7-21-12)17-10-13-6-4-8-22-13;/h4,6,8,12H,3,5,7,9-11H2,1-2H3,(H2,16,17,18);1H. The first-order valence-corrected chi connectivity index (χ1v) is 8.39. The molecule has 1 unspecified atom stereocenters. The Balaban J connectivity index is 0.00000264. The van der Waals surface area contributed by atoms with E-state index in [1.54, 1.807) is 30.3 Å². The summed E-state index contributed by atoms with van der Waals surface area (Å²) in [5.74, 6) is 0.633. The van der Waals surface area contributed by atoms with Gasteiger partial charge in [0.25, 0.3) is 0 Å². The summed E-state index contributed by atoms with van der Waals surface area (Å²) in [7, 11) is 3.47. The molecule has 2 N–H and O–H groups in total. The summed E-state index contributed by atoms with van der Waals surface area (Å²) in [4.78, 5) is 18.8. The molecule has 130 valence electrons. The number of ether oxygens (including phenoxy) is 1. The molecule has 0 aliphatic carbocycles. The van der Waals surface area contributed by atoms with Crippen LogP contribution in [-0.4, -0.2) is 56.7 Å². The molecule has 1 aliphatic rings. The molecule has 0 spiro atoms. The minimum atomic E-state index is -0.0191. The highest BCUT2D eigenvalue weighted by Gasteiger charge is 2.15. The van der Waals surface area contributed by atoms with Crippen molar-refractivity contribution < 1.29 is 9.53 Å². The van der Waals surface area contributed by atoms with Crippen LogP contribution < -0.4 is 10.6 Å². The number of nitrogens with one attached hydrogen (secondary N) is 2. The lowest BCUT2D eigenvalue weighted by Crippen LogP contribution is -2.41. The van der Waals surface area contributed by atoms with E-state index < -0.39 is 0 Å². The third kappa shape index (κ3) is 7.49. The Bertz CT molecular complexity index is 488. The quantitative estimate of drug-likeness (QED) is 0.392. The van der Waals surface area contributed by atoms with Crippen molar-refractivity contribution in [2.45, 2.75) is 25.5 Å². The fraction of sp³-hybridized carbons (Fsp3) is 0.600. The largest absolute Gasteiger partial charge is 0.376 e. The van der Waals surface area contributed by atoms with Gasteiger partial charge in [-0.3, -0.25) is 4.79 Å². The average molecular weight is 452 g/mol. The Hall–Kier alpha value is -0.870. The van der Waals surface area contributed by atoms with E-state index in [1.165, 1.54) is 4.88 Å². The van der Waals surface area contributed by atoms with Crippen molar-refractivity contribution >= 4 is 47.2 Å². The van der Waals surface area contributed by atoms with Crippen molar-refractivity contribution in [1.29, 1.82) is 0 Å². The summed E-state index contributed by atoms with van der Waals surface area (Å²) in [6.07, 6.45) is 2.42. The highest BCUT2D eigenvalue weighted by atomic mass is 127. The molecule has 6 nitrogen and oxygen atoms in total. The van der Waals surface area contributed by atoms with E-state index in [-0.39, 0.29) is 42.5 Å². The molecule has 1 aliphatic heterocycles. The van der Waals surface area contributed by atoms with Crippen molar-refractivity contribution in [3.05, 3.63) is 22.4 Å². The van der Waals surface area contributed by atoms with E-state index in [2.05, 4.69) is 21.7 Å². The minimum absolute atomic E-state index is 0. The van der Waals surface area contributed by atoms with Crippen LogP contribution in [0.3, 0.4) is 0 Å². The van der Waals surface area contributed by atoms with Gasteiger partial charge in [-0.1, -0.05) is 6.07 Å². The number of guanidine groups is 1. The second kappa shape index (κ2) is 10.8. The summed E-state index contributed by atoms with van der Waals surface area (Å²) in [5, 5.41) is 8.57. The van der Waals surface area contributed by atoms with Gasteiger partial charge in [-0.05, 0) is 24.3 Å². The molecule has 0 radical (unpaired) electrons. The van der Waals surface area contributed by atoms with Gasteiger partial charge in [-0.15, -0.1) is 35.3 Å². The first kappa shape index (κ1) is 20.2. The summed E-state index contributed by atoms with van der Waals surface area (Å²) < 4.78 is 5.60. The zero-order chi connectivity index (χ0) is 15.8. The third-order valence-electron chi connectivity index (χ3n) is 3.40. The molecule has 1 amide bonds. The van der Waals surface area contributed by atoms with Crippen LogP contribution in [0.15, 0.2) is 22.5 Å². The molecule has 8 heteroatoms. The zero-order valence-corrected chi connectivity index (χ0v) is 16.7. The van der Waals surface area contributed by atoms with Gasteiger partial charge in [-0.25, -0.2) is 4.99 Å². The lowest BCUT2D eigenvalue weighted by molar-refractivity contribution is -0.127. The second-order valence-electron chi connectivity index (χ2n) is 5.40. The number of hydrogen-bond donors (Lipinski definition) is 2. The van der Waals surface area contributed by atoms with Gasteiger partial charge < -0.3 is 20.3 Å². The van der Waals surface area contributed by atoms with Gasteiger partial charge in [0.2, 0.25) is 5.91 Å².